The van der Waals surface area contributed by atoms with Gasteiger partial charge >= 0.3 is 0 Å². The Kier molecular flexibility index (Phi) is 4.79. The molecule has 0 saturated carbocycles. The molecule has 1 N–H and O–H groups in total. The Morgan fingerprint density at radius 3 is 2.76 bits per heavy atom. The quantitative estimate of drug-likeness (QED) is 0.780. The first-order chi connectivity index (χ1) is 12.4. The van der Waals surface area contributed by atoms with Gasteiger partial charge < -0.3 is 29.0 Å². The number of hydrogen-bond acceptors (Lipinski definition) is 6. The molecule has 132 valence electrons. The van der Waals surface area contributed by atoms with E-state index >= 15 is 0 Å². The number of para-hydroxylation sites is 2. The summed E-state index contributed by atoms with van der Waals surface area (Å²) in [5.74, 6) is 3.93. The maximum atomic E-state index is 5.91. The van der Waals surface area contributed by atoms with Crippen molar-refractivity contribution in [2.45, 2.75) is 12.5 Å². The van der Waals surface area contributed by atoms with Crippen molar-refractivity contribution < 1.29 is 23.7 Å². The SMILES string of the molecule is c1ccc2c(c1)OC[C@H](CNCCCOc1ccc3c(c1)OCO3)O2. The van der Waals surface area contributed by atoms with Gasteiger partial charge in [-0.3, -0.25) is 0 Å². The molecule has 2 aliphatic heterocycles. The van der Waals surface area contributed by atoms with Crippen LogP contribution in [0.1, 0.15) is 6.42 Å². The summed E-state index contributed by atoms with van der Waals surface area (Å²) in [6, 6.07) is 13.4. The lowest BCUT2D eigenvalue weighted by atomic mass is 10.2. The van der Waals surface area contributed by atoms with Crippen molar-refractivity contribution >= 4 is 0 Å². The van der Waals surface area contributed by atoms with Gasteiger partial charge in [0.05, 0.1) is 6.61 Å². The first kappa shape index (κ1) is 15.9. The summed E-state index contributed by atoms with van der Waals surface area (Å²) >= 11 is 0. The number of fused-ring (bicyclic) bond motifs is 2. The number of hydrogen-bond donors (Lipinski definition) is 1. The summed E-state index contributed by atoms with van der Waals surface area (Å²) in [4.78, 5) is 0. The molecule has 0 amide bonds. The highest BCUT2D eigenvalue weighted by Gasteiger charge is 2.19. The Labute approximate surface area is 146 Å². The van der Waals surface area contributed by atoms with Crippen LogP contribution in [-0.2, 0) is 0 Å². The highest BCUT2D eigenvalue weighted by atomic mass is 16.7. The number of nitrogens with one attached hydrogen (secondary N) is 1. The zero-order valence-corrected chi connectivity index (χ0v) is 13.9. The second kappa shape index (κ2) is 7.53. The van der Waals surface area contributed by atoms with Gasteiger partial charge in [0.15, 0.2) is 23.0 Å². The molecule has 0 unspecified atom stereocenters. The lowest BCUT2D eigenvalue weighted by Gasteiger charge is -2.26. The van der Waals surface area contributed by atoms with Crippen molar-refractivity contribution in [1.82, 2.24) is 5.32 Å². The molecule has 0 saturated heterocycles. The molecule has 2 aromatic carbocycles. The monoisotopic (exact) mass is 343 g/mol. The minimum atomic E-state index is 0.0321. The van der Waals surface area contributed by atoms with Crippen molar-refractivity contribution in [3.05, 3.63) is 42.5 Å². The van der Waals surface area contributed by atoms with Gasteiger partial charge in [-0.1, -0.05) is 12.1 Å². The van der Waals surface area contributed by atoms with Crippen molar-refractivity contribution in [2.75, 3.05) is 33.1 Å². The summed E-state index contributed by atoms with van der Waals surface area (Å²) in [5, 5.41) is 3.38. The Bertz CT molecular complexity index is 721. The third kappa shape index (κ3) is 3.91. The Balaban J connectivity index is 1.13. The zero-order valence-electron chi connectivity index (χ0n) is 13.9. The van der Waals surface area contributed by atoms with Gasteiger partial charge in [0.25, 0.3) is 0 Å². The summed E-state index contributed by atoms with van der Waals surface area (Å²) in [6.45, 7) is 3.08. The Morgan fingerprint density at radius 1 is 0.960 bits per heavy atom. The fourth-order valence-electron chi connectivity index (χ4n) is 2.78. The molecule has 2 aliphatic rings. The molecule has 25 heavy (non-hydrogen) atoms. The zero-order chi connectivity index (χ0) is 16.9. The van der Waals surface area contributed by atoms with Crippen LogP contribution in [0.4, 0.5) is 0 Å². The van der Waals surface area contributed by atoms with Crippen LogP contribution in [0.15, 0.2) is 42.5 Å². The topological polar surface area (TPSA) is 58.2 Å². The van der Waals surface area contributed by atoms with Crippen LogP contribution in [0.2, 0.25) is 0 Å². The lowest BCUT2D eigenvalue weighted by Crippen LogP contribution is -2.39. The standard InChI is InChI=1S/C19H21NO5/c1-2-5-18-16(4-1)22-12-15(25-18)11-20-8-3-9-21-14-6-7-17-19(10-14)24-13-23-17/h1-2,4-7,10,15,20H,3,8-9,11-13H2/t15-/m0/s1. The molecule has 1 atom stereocenters. The average Bonchev–Trinajstić information content (AvgIpc) is 3.12. The first-order valence-corrected chi connectivity index (χ1v) is 8.50. The Morgan fingerprint density at radius 2 is 1.80 bits per heavy atom. The van der Waals surface area contributed by atoms with Crippen molar-refractivity contribution in [2.24, 2.45) is 0 Å². The number of ether oxygens (including phenoxy) is 5. The highest BCUT2D eigenvalue weighted by molar-refractivity contribution is 5.46. The predicted molar refractivity (Wildman–Crippen MR) is 91.9 cm³/mol. The smallest absolute Gasteiger partial charge is 0.231 e. The number of rotatable bonds is 7. The third-order valence-electron chi connectivity index (χ3n) is 4.05. The van der Waals surface area contributed by atoms with E-state index in [1.807, 2.05) is 42.5 Å². The average molecular weight is 343 g/mol. The summed E-state index contributed by atoms with van der Waals surface area (Å²) < 4.78 is 28.0. The molecule has 0 bridgehead atoms. The van der Waals surface area contributed by atoms with E-state index in [-0.39, 0.29) is 12.9 Å². The van der Waals surface area contributed by atoms with E-state index in [9.17, 15) is 0 Å². The van der Waals surface area contributed by atoms with Crippen molar-refractivity contribution in [3.63, 3.8) is 0 Å². The second-order valence-corrected chi connectivity index (χ2v) is 5.92. The molecule has 0 fully saturated rings. The first-order valence-electron chi connectivity index (χ1n) is 8.50. The van der Waals surface area contributed by atoms with Crippen LogP contribution < -0.4 is 29.0 Å². The predicted octanol–water partition coefficient (Wildman–Crippen LogP) is 2.61. The molecule has 2 aromatic rings. The summed E-state index contributed by atoms with van der Waals surface area (Å²) in [5.41, 5.74) is 0. The van der Waals surface area contributed by atoms with E-state index in [4.69, 9.17) is 23.7 Å². The molecule has 4 rings (SSSR count). The maximum absolute atomic E-state index is 5.91. The molecule has 0 aromatic heterocycles. The Hall–Kier alpha value is -2.60. The molecule has 0 radical (unpaired) electrons. The van der Waals surface area contributed by atoms with Gasteiger partial charge in [0.2, 0.25) is 6.79 Å². The molecule has 6 heteroatoms. The minimum absolute atomic E-state index is 0.0321. The van der Waals surface area contributed by atoms with Gasteiger partial charge in [-0.05, 0) is 37.2 Å². The molecule has 0 aliphatic carbocycles. The molecule has 6 nitrogen and oxygen atoms in total. The third-order valence-corrected chi connectivity index (χ3v) is 4.05. The van der Waals surface area contributed by atoms with Gasteiger partial charge in [0, 0.05) is 12.6 Å². The van der Waals surface area contributed by atoms with Crippen LogP contribution in [0, 0.1) is 0 Å². The minimum Gasteiger partial charge on any atom is -0.493 e. The van der Waals surface area contributed by atoms with Gasteiger partial charge in [-0.25, -0.2) is 0 Å². The molecule has 2 heterocycles. The highest BCUT2D eigenvalue weighted by Crippen LogP contribution is 2.35. The van der Waals surface area contributed by atoms with E-state index in [1.165, 1.54) is 0 Å². The van der Waals surface area contributed by atoms with Gasteiger partial charge in [-0.2, -0.15) is 0 Å². The van der Waals surface area contributed by atoms with Crippen LogP contribution >= 0.6 is 0 Å². The van der Waals surface area contributed by atoms with Gasteiger partial charge in [-0.15, -0.1) is 0 Å². The largest absolute Gasteiger partial charge is 0.493 e. The molecular formula is C19H21NO5. The van der Waals surface area contributed by atoms with E-state index in [1.54, 1.807) is 0 Å². The second-order valence-electron chi connectivity index (χ2n) is 5.92. The molecular weight excluding hydrogens is 322 g/mol. The van der Waals surface area contributed by atoms with E-state index in [0.29, 0.717) is 13.2 Å². The normalized spacial score (nSPS) is 17.4. The number of benzene rings is 2. The van der Waals surface area contributed by atoms with E-state index in [2.05, 4.69) is 5.32 Å². The maximum Gasteiger partial charge on any atom is 0.231 e. The summed E-state index contributed by atoms with van der Waals surface area (Å²) in [7, 11) is 0. The van der Waals surface area contributed by atoms with Crippen LogP contribution in [-0.4, -0.2) is 39.2 Å². The summed E-state index contributed by atoms with van der Waals surface area (Å²) in [6.07, 6.45) is 0.934. The van der Waals surface area contributed by atoms with Crippen molar-refractivity contribution in [3.8, 4) is 28.7 Å². The van der Waals surface area contributed by atoms with E-state index in [0.717, 1.165) is 48.3 Å². The van der Waals surface area contributed by atoms with Crippen molar-refractivity contribution in [1.29, 1.82) is 0 Å². The van der Waals surface area contributed by atoms with Gasteiger partial charge in [0.1, 0.15) is 18.5 Å². The van der Waals surface area contributed by atoms with Crippen LogP contribution in [0.5, 0.6) is 28.7 Å². The van der Waals surface area contributed by atoms with Crippen LogP contribution in [0.25, 0.3) is 0 Å². The fraction of sp³-hybridized carbons (Fsp3) is 0.368. The lowest BCUT2D eigenvalue weighted by molar-refractivity contribution is 0.0902. The fourth-order valence-corrected chi connectivity index (χ4v) is 2.78. The van der Waals surface area contributed by atoms with Crippen LogP contribution in [0.3, 0.4) is 0 Å². The van der Waals surface area contributed by atoms with E-state index < -0.39 is 0 Å². The molecule has 0 spiro atoms.